The first-order valence-electron chi connectivity index (χ1n) is 24.8. The van der Waals surface area contributed by atoms with Crippen molar-refractivity contribution >= 4 is 17.9 Å². The van der Waals surface area contributed by atoms with Crippen molar-refractivity contribution in [1.82, 2.24) is 0 Å². The van der Waals surface area contributed by atoms with Crippen LogP contribution in [0.3, 0.4) is 0 Å². The number of rotatable bonds is 45. The molecule has 61 heavy (non-hydrogen) atoms. The molecule has 0 amide bonds. The lowest BCUT2D eigenvalue weighted by Gasteiger charge is -2.25. The number of hydrogen-bond donors (Lipinski definition) is 1. The Hall–Kier alpha value is -2.75. The molecule has 2 unspecified atom stereocenters. The number of carboxylic acid groups (broad SMARTS) is 1. The minimum atomic E-state index is -1.51. The maximum Gasteiger partial charge on any atom is 0.361 e. The van der Waals surface area contributed by atoms with E-state index in [1.807, 2.05) is 21.1 Å². The average molecular weight is 861 g/mol. The highest BCUT2D eigenvalue weighted by molar-refractivity contribution is 5.71. The van der Waals surface area contributed by atoms with Gasteiger partial charge in [0.05, 0.1) is 34.4 Å². The Balaban J connectivity index is 4.37. The smallest absolute Gasteiger partial charge is 0.361 e. The molecule has 0 aliphatic heterocycles. The molecule has 9 nitrogen and oxygen atoms in total. The molecule has 354 valence electrons. The number of ether oxygens (including phenoxy) is 4. The fourth-order valence-corrected chi connectivity index (χ4v) is 6.77. The Morgan fingerprint density at radius 3 is 1.39 bits per heavy atom. The van der Waals surface area contributed by atoms with E-state index in [2.05, 4.69) is 62.5 Å². The lowest BCUT2D eigenvalue weighted by molar-refractivity contribution is -0.870. The van der Waals surface area contributed by atoms with Crippen molar-refractivity contribution in [3.63, 3.8) is 0 Å². The average Bonchev–Trinajstić information content (AvgIpc) is 3.22. The zero-order chi connectivity index (χ0) is 44.9. The van der Waals surface area contributed by atoms with Gasteiger partial charge in [-0.05, 0) is 51.4 Å². The van der Waals surface area contributed by atoms with Gasteiger partial charge >= 0.3 is 17.9 Å². The molecule has 0 aromatic rings. The molecule has 0 aromatic carbocycles. The first-order chi connectivity index (χ1) is 29.6. The summed E-state index contributed by atoms with van der Waals surface area (Å²) in [5.41, 5.74) is 0. The van der Waals surface area contributed by atoms with Gasteiger partial charge in [-0.25, -0.2) is 4.79 Å². The van der Waals surface area contributed by atoms with Crippen LogP contribution >= 0.6 is 0 Å². The monoisotopic (exact) mass is 861 g/mol. The molecule has 0 fully saturated rings. The quantitative estimate of drug-likeness (QED) is 0.0212. The van der Waals surface area contributed by atoms with Gasteiger partial charge in [-0.1, -0.05) is 191 Å². The number of quaternary nitrogens is 1. The van der Waals surface area contributed by atoms with Crippen molar-refractivity contribution in [2.24, 2.45) is 0 Å². The van der Waals surface area contributed by atoms with Crippen LogP contribution in [0.5, 0.6) is 0 Å². The molecular formula is C52H94NO8+. The second-order valence-corrected chi connectivity index (χ2v) is 17.8. The second kappa shape index (κ2) is 43.9. The molecule has 0 saturated heterocycles. The van der Waals surface area contributed by atoms with Gasteiger partial charge in [0.25, 0.3) is 6.29 Å². The number of carbonyl (C=O) groups is 3. The fraction of sp³-hybridized carbons (Fsp3) is 0.788. The Kier molecular flexibility index (Phi) is 41.9. The summed E-state index contributed by atoms with van der Waals surface area (Å²) in [6, 6.07) is 0. The van der Waals surface area contributed by atoms with E-state index in [0.717, 1.165) is 70.6 Å². The van der Waals surface area contributed by atoms with Crippen molar-refractivity contribution in [2.45, 2.75) is 219 Å². The number of carboxylic acids is 1. The molecule has 1 N–H and O–H groups in total. The van der Waals surface area contributed by atoms with Gasteiger partial charge in [-0.15, -0.1) is 0 Å². The van der Waals surface area contributed by atoms with E-state index in [4.69, 9.17) is 18.9 Å². The molecular weight excluding hydrogens is 767 g/mol. The third kappa shape index (κ3) is 45.1. The summed E-state index contributed by atoms with van der Waals surface area (Å²) < 4.78 is 22.8. The summed E-state index contributed by atoms with van der Waals surface area (Å²) in [7, 11) is 5.96. The minimum absolute atomic E-state index is 0.184. The van der Waals surface area contributed by atoms with Crippen LogP contribution in [-0.4, -0.2) is 87.4 Å². The van der Waals surface area contributed by atoms with Crippen molar-refractivity contribution in [2.75, 3.05) is 47.5 Å². The van der Waals surface area contributed by atoms with Crippen LogP contribution in [0.4, 0.5) is 0 Å². The van der Waals surface area contributed by atoms with Gasteiger partial charge < -0.3 is 28.5 Å². The summed E-state index contributed by atoms with van der Waals surface area (Å²) in [6.45, 7) is 4.76. The van der Waals surface area contributed by atoms with Crippen molar-refractivity contribution in [3.05, 3.63) is 48.6 Å². The van der Waals surface area contributed by atoms with Crippen molar-refractivity contribution in [1.29, 1.82) is 0 Å². The number of aliphatic carboxylic acids is 1. The number of esters is 2. The molecule has 0 radical (unpaired) electrons. The van der Waals surface area contributed by atoms with Gasteiger partial charge in [-0.2, -0.15) is 0 Å². The molecule has 0 spiro atoms. The lowest BCUT2D eigenvalue weighted by atomic mass is 10.0. The normalized spacial score (nSPS) is 13.3. The van der Waals surface area contributed by atoms with Crippen molar-refractivity contribution in [3.8, 4) is 0 Å². The molecule has 0 rings (SSSR count). The lowest BCUT2D eigenvalue weighted by Crippen LogP contribution is -2.40. The molecule has 0 heterocycles. The molecule has 0 saturated carbocycles. The highest BCUT2D eigenvalue weighted by atomic mass is 16.7. The van der Waals surface area contributed by atoms with Crippen LogP contribution in [0.25, 0.3) is 0 Å². The van der Waals surface area contributed by atoms with Crippen LogP contribution in [0.15, 0.2) is 48.6 Å². The largest absolute Gasteiger partial charge is 0.477 e. The zero-order valence-electron chi connectivity index (χ0n) is 40.1. The topological polar surface area (TPSA) is 108 Å². The van der Waals surface area contributed by atoms with Crippen LogP contribution in [0, 0.1) is 0 Å². The van der Waals surface area contributed by atoms with Crippen LogP contribution in [0.1, 0.15) is 206 Å². The number of likely N-dealkylation sites (N-methyl/N-ethyl adjacent to an activating group) is 1. The molecule has 0 aliphatic rings. The summed E-state index contributed by atoms with van der Waals surface area (Å²) >= 11 is 0. The second-order valence-electron chi connectivity index (χ2n) is 17.8. The third-order valence-corrected chi connectivity index (χ3v) is 10.6. The van der Waals surface area contributed by atoms with E-state index in [1.165, 1.54) is 103 Å². The SMILES string of the molecule is CC/C=C\C/C=C\C/C=C\C/C=C\CCCCCCCCCCC(=O)OC(COC(=O)CCCCCCCCCCCCCCCCC)COC(OCC[N+](C)(C)C)C(=O)O. The third-order valence-electron chi connectivity index (χ3n) is 10.6. The van der Waals surface area contributed by atoms with E-state index in [0.29, 0.717) is 23.9 Å². The highest BCUT2D eigenvalue weighted by Gasteiger charge is 2.25. The fourth-order valence-electron chi connectivity index (χ4n) is 6.77. The Bertz CT molecular complexity index is 1140. The first kappa shape index (κ1) is 58.2. The van der Waals surface area contributed by atoms with Crippen LogP contribution in [0.2, 0.25) is 0 Å². The Morgan fingerprint density at radius 2 is 0.934 bits per heavy atom. The van der Waals surface area contributed by atoms with E-state index >= 15 is 0 Å². The maximum absolute atomic E-state index is 12.8. The predicted octanol–water partition coefficient (Wildman–Crippen LogP) is 13.6. The molecule has 0 aliphatic carbocycles. The summed E-state index contributed by atoms with van der Waals surface area (Å²) in [4.78, 5) is 37.2. The van der Waals surface area contributed by atoms with Crippen molar-refractivity contribution < 1.29 is 42.9 Å². The Labute approximate surface area is 374 Å². The summed E-state index contributed by atoms with van der Waals surface area (Å²) in [6.07, 6.45) is 48.8. The summed E-state index contributed by atoms with van der Waals surface area (Å²) in [5, 5.41) is 9.66. The van der Waals surface area contributed by atoms with Gasteiger partial charge in [0.15, 0.2) is 6.10 Å². The minimum Gasteiger partial charge on any atom is -0.477 e. The van der Waals surface area contributed by atoms with Crippen LogP contribution < -0.4 is 0 Å². The number of hydrogen-bond acceptors (Lipinski definition) is 7. The molecule has 9 heteroatoms. The van der Waals surface area contributed by atoms with E-state index in [-0.39, 0.29) is 32.2 Å². The van der Waals surface area contributed by atoms with Gasteiger partial charge in [-0.3, -0.25) is 9.59 Å². The van der Waals surface area contributed by atoms with E-state index in [1.54, 1.807) is 0 Å². The van der Waals surface area contributed by atoms with Gasteiger partial charge in [0, 0.05) is 12.8 Å². The number of nitrogens with zero attached hydrogens (tertiary/aromatic N) is 1. The summed E-state index contributed by atoms with van der Waals surface area (Å²) in [5.74, 6) is -2.01. The Morgan fingerprint density at radius 1 is 0.508 bits per heavy atom. The van der Waals surface area contributed by atoms with E-state index in [9.17, 15) is 19.5 Å². The number of allylic oxidation sites excluding steroid dienone is 8. The standard InChI is InChI=1S/C52H93NO8/c1-6-8-10-12-14-16-18-20-22-23-24-25-26-27-29-31-33-35-37-39-41-43-50(55)61-48(47-60-52(51(56)57)58-45-44-53(3,4)5)46-59-49(54)42-40-38-36-34-32-30-28-21-19-17-15-13-11-9-7-2/h8,10,14,16,20,22,24-25,48,52H,6-7,9,11-13,15,17-19,21,23,26-47H2,1-5H3/p+1/b10-8-,16-14-,22-20-,25-24-. The maximum atomic E-state index is 12.8. The number of carbonyl (C=O) groups excluding carboxylic acids is 2. The molecule has 2 atom stereocenters. The molecule has 0 aromatic heterocycles. The van der Waals surface area contributed by atoms with Gasteiger partial charge in [0.1, 0.15) is 13.2 Å². The molecule has 0 bridgehead atoms. The van der Waals surface area contributed by atoms with E-state index < -0.39 is 24.3 Å². The highest BCUT2D eigenvalue weighted by Crippen LogP contribution is 2.15. The zero-order valence-corrected chi connectivity index (χ0v) is 40.1. The van der Waals surface area contributed by atoms with Crippen LogP contribution in [-0.2, 0) is 33.3 Å². The predicted molar refractivity (Wildman–Crippen MR) is 253 cm³/mol. The first-order valence-corrected chi connectivity index (χ1v) is 24.8. The van der Waals surface area contributed by atoms with Gasteiger partial charge in [0.2, 0.25) is 0 Å². The number of unbranched alkanes of at least 4 members (excludes halogenated alkanes) is 22.